The van der Waals surface area contributed by atoms with E-state index in [1.807, 2.05) is 40.7 Å². The lowest BCUT2D eigenvalue weighted by Gasteiger charge is -2.32. The summed E-state index contributed by atoms with van der Waals surface area (Å²) in [5, 5.41) is 2.87. The zero-order chi connectivity index (χ0) is 29.6. The van der Waals surface area contributed by atoms with Crippen molar-refractivity contribution in [1.29, 1.82) is 0 Å². The molecule has 0 aromatic heterocycles. The maximum atomic E-state index is 14.7. The molecule has 0 aliphatic heterocycles. The molecule has 214 valence electrons. The molecule has 0 aliphatic rings. The van der Waals surface area contributed by atoms with E-state index in [0.29, 0.717) is 12.1 Å². The number of benzene rings is 3. The molecule has 1 N–H and O–H groups in total. The van der Waals surface area contributed by atoms with Gasteiger partial charge in [0.2, 0.25) is 11.8 Å². The van der Waals surface area contributed by atoms with Crippen molar-refractivity contribution in [2.75, 3.05) is 10.8 Å². The van der Waals surface area contributed by atoms with Gasteiger partial charge >= 0.3 is 0 Å². The van der Waals surface area contributed by atoms with Gasteiger partial charge in [-0.25, -0.2) is 12.8 Å². The number of halogens is 1. The summed E-state index contributed by atoms with van der Waals surface area (Å²) in [4.78, 5) is 28.3. The van der Waals surface area contributed by atoms with Crippen molar-refractivity contribution < 1.29 is 22.4 Å². The monoisotopic (exact) mass is 567 g/mol. The smallest absolute Gasteiger partial charge is 0.264 e. The van der Waals surface area contributed by atoms with Crippen LogP contribution in [0.3, 0.4) is 0 Å². The van der Waals surface area contributed by atoms with E-state index in [1.165, 1.54) is 23.1 Å². The summed E-state index contributed by atoms with van der Waals surface area (Å²) >= 11 is 0. The van der Waals surface area contributed by atoms with E-state index in [4.69, 9.17) is 0 Å². The van der Waals surface area contributed by atoms with Crippen LogP contribution in [-0.2, 0) is 26.2 Å². The van der Waals surface area contributed by atoms with Gasteiger partial charge in [0.05, 0.1) is 10.6 Å². The topological polar surface area (TPSA) is 86.8 Å². The summed E-state index contributed by atoms with van der Waals surface area (Å²) in [7, 11) is -4.17. The molecule has 0 aliphatic carbocycles. The van der Waals surface area contributed by atoms with Gasteiger partial charge in [-0.3, -0.25) is 13.9 Å². The van der Waals surface area contributed by atoms with Crippen molar-refractivity contribution in [2.45, 2.75) is 71.5 Å². The fraction of sp³-hybridized carbons (Fsp3) is 0.355. The fourth-order valence-electron chi connectivity index (χ4n) is 4.32. The van der Waals surface area contributed by atoms with E-state index in [2.05, 4.69) is 5.32 Å². The van der Waals surface area contributed by atoms with Crippen LogP contribution in [0.2, 0.25) is 0 Å². The third-order valence-corrected chi connectivity index (χ3v) is 8.64. The average Bonchev–Trinajstić information content (AvgIpc) is 2.90. The average molecular weight is 568 g/mol. The zero-order valence-electron chi connectivity index (χ0n) is 23.9. The van der Waals surface area contributed by atoms with Crippen LogP contribution in [-0.4, -0.2) is 43.8 Å². The van der Waals surface area contributed by atoms with E-state index in [9.17, 15) is 22.4 Å². The normalized spacial score (nSPS) is 12.9. The van der Waals surface area contributed by atoms with E-state index >= 15 is 0 Å². The molecule has 0 fully saturated rings. The SMILES string of the molecule is CC[C@H](C)NC(=O)[C@@H](C)N(Cc1ccccc1F)C(=O)CN(c1cc(C)cc(C)c1)S(=O)(=O)c1ccc(C)cc1. The second-order valence-electron chi connectivity index (χ2n) is 10.3. The van der Waals surface area contributed by atoms with Gasteiger partial charge in [-0.15, -0.1) is 0 Å². The van der Waals surface area contributed by atoms with Gasteiger partial charge in [0.1, 0.15) is 18.4 Å². The molecule has 0 saturated heterocycles. The predicted molar refractivity (Wildman–Crippen MR) is 156 cm³/mol. The van der Waals surface area contributed by atoms with Crippen molar-refractivity contribution in [2.24, 2.45) is 0 Å². The van der Waals surface area contributed by atoms with Gasteiger partial charge in [0.15, 0.2) is 0 Å². The number of rotatable bonds is 11. The first-order valence-corrected chi connectivity index (χ1v) is 14.8. The summed E-state index contributed by atoms with van der Waals surface area (Å²) in [6.07, 6.45) is 0.689. The number of aryl methyl sites for hydroxylation is 3. The molecule has 3 aromatic rings. The van der Waals surface area contributed by atoms with Crippen LogP contribution >= 0.6 is 0 Å². The summed E-state index contributed by atoms with van der Waals surface area (Å²) < 4.78 is 43.6. The van der Waals surface area contributed by atoms with Crippen molar-refractivity contribution in [1.82, 2.24) is 10.2 Å². The highest BCUT2D eigenvalue weighted by molar-refractivity contribution is 7.92. The van der Waals surface area contributed by atoms with Crippen LogP contribution in [0.5, 0.6) is 0 Å². The molecule has 0 spiro atoms. The standard InChI is InChI=1S/C31H38FN3O4S/c1-7-24(5)33-31(37)25(6)34(19-26-10-8-9-11-29(26)32)30(36)20-35(27-17-22(3)16-23(4)18-27)40(38,39)28-14-12-21(2)13-15-28/h8-18,24-25H,7,19-20H2,1-6H3,(H,33,37)/t24-,25+/m0/s1. The van der Waals surface area contributed by atoms with Crippen LogP contribution in [0.1, 0.15) is 49.4 Å². The second-order valence-corrected chi connectivity index (χ2v) is 12.1. The van der Waals surface area contributed by atoms with Crippen LogP contribution in [0.25, 0.3) is 0 Å². The number of anilines is 1. The number of amides is 2. The Morgan fingerprint density at radius 2 is 1.50 bits per heavy atom. The molecule has 3 rings (SSSR count). The molecule has 0 unspecified atom stereocenters. The van der Waals surface area contributed by atoms with Crippen molar-refractivity contribution >= 4 is 27.5 Å². The summed E-state index contributed by atoms with van der Waals surface area (Å²) in [6, 6.07) is 16.6. The zero-order valence-corrected chi connectivity index (χ0v) is 24.8. The maximum Gasteiger partial charge on any atom is 0.264 e. The molecule has 9 heteroatoms. The summed E-state index contributed by atoms with van der Waals surface area (Å²) in [5.74, 6) is -1.56. The Bertz CT molecular complexity index is 1440. The number of carbonyl (C=O) groups excluding carboxylic acids is 2. The summed E-state index contributed by atoms with van der Waals surface area (Å²) in [5.41, 5.74) is 3.10. The number of hydrogen-bond acceptors (Lipinski definition) is 4. The van der Waals surface area contributed by atoms with E-state index in [0.717, 1.165) is 21.0 Å². The highest BCUT2D eigenvalue weighted by atomic mass is 32.2. The Labute approximate surface area is 237 Å². The number of nitrogens with zero attached hydrogens (tertiary/aromatic N) is 2. The Balaban J connectivity index is 2.07. The van der Waals surface area contributed by atoms with E-state index in [1.54, 1.807) is 49.4 Å². The summed E-state index contributed by atoms with van der Waals surface area (Å²) in [6.45, 7) is 10.1. The molecule has 2 amide bonds. The molecular weight excluding hydrogens is 529 g/mol. The third kappa shape index (κ3) is 7.47. The molecule has 0 bridgehead atoms. The minimum Gasteiger partial charge on any atom is -0.352 e. The number of nitrogens with one attached hydrogen (secondary N) is 1. The molecule has 0 heterocycles. The Hall–Kier alpha value is -3.72. The van der Waals surface area contributed by atoms with Crippen LogP contribution in [0.4, 0.5) is 10.1 Å². The van der Waals surface area contributed by atoms with Gasteiger partial charge < -0.3 is 10.2 Å². The quantitative estimate of drug-likeness (QED) is 0.342. The lowest BCUT2D eigenvalue weighted by atomic mass is 10.1. The lowest BCUT2D eigenvalue weighted by Crippen LogP contribution is -2.52. The van der Waals surface area contributed by atoms with Crippen LogP contribution < -0.4 is 9.62 Å². The van der Waals surface area contributed by atoms with Gasteiger partial charge in [-0.1, -0.05) is 48.9 Å². The Morgan fingerprint density at radius 1 is 0.900 bits per heavy atom. The Morgan fingerprint density at radius 3 is 2.08 bits per heavy atom. The number of sulfonamides is 1. The minimum atomic E-state index is -4.17. The second kappa shape index (κ2) is 13.1. The van der Waals surface area contributed by atoms with Crippen LogP contribution in [0, 0.1) is 26.6 Å². The molecule has 2 atom stereocenters. The molecule has 40 heavy (non-hydrogen) atoms. The van der Waals surface area contributed by atoms with Gasteiger partial charge in [-0.05, 0) is 82.5 Å². The van der Waals surface area contributed by atoms with Crippen molar-refractivity contribution in [3.05, 3.63) is 94.8 Å². The molecule has 3 aromatic carbocycles. The van der Waals surface area contributed by atoms with Crippen LogP contribution in [0.15, 0.2) is 71.6 Å². The lowest BCUT2D eigenvalue weighted by molar-refractivity contribution is -0.139. The van der Waals surface area contributed by atoms with E-state index in [-0.39, 0.29) is 23.0 Å². The first kappa shape index (κ1) is 30.8. The highest BCUT2D eigenvalue weighted by Crippen LogP contribution is 2.27. The number of carbonyl (C=O) groups is 2. The Kier molecular flexibility index (Phi) is 10.1. The van der Waals surface area contributed by atoms with Crippen molar-refractivity contribution in [3.63, 3.8) is 0 Å². The highest BCUT2D eigenvalue weighted by Gasteiger charge is 2.33. The fourth-order valence-corrected chi connectivity index (χ4v) is 5.72. The van der Waals surface area contributed by atoms with E-state index < -0.39 is 40.2 Å². The first-order chi connectivity index (χ1) is 18.8. The molecule has 7 nitrogen and oxygen atoms in total. The van der Waals surface area contributed by atoms with Gasteiger partial charge in [-0.2, -0.15) is 0 Å². The third-order valence-electron chi connectivity index (χ3n) is 6.85. The largest absolute Gasteiger partial charge is 0.352 e. The van der Waals surface area contributed by atoms with Crippen molar-refractivity contribution in [3.8, 4) is 0 Å². The molecule has 0 saturated carbocycles. The predicted octanol–water partition coefficient (Wildman–Crippen LogP) is 5.28. The molecule has 0 radical (unpaired) electrons. The van der Waals surface area contributed by atoms with Gasteiger partial charge in [0.25, 0.3) is 10.0 Å². The van der Waals surface area contributed by atoms with Gasteiger partial charge in [0, 0.05) is 18.2 Å². The molecular formula is C31H38FN3O4S. The first-order valence-electron chi connectivity index (χ1n) is 13.3. The minimum absolute atomic E-state index is 0.0354. The number of hydrogen-bond donors (Lipinski definition) is 1. The maximum absolute atomic E-state index is 14.7.